The fourth-order valence-electron chi connectivity index (χ4n) is 1.83. The first-order chi connectivity index (χ1) is 10.5. The Balaban J connectivity index is 2.19. The highest BCUT2D eigenvalue weighted by molar-refractivity contribution is 9.10. The monoisotopic (exact) mass is 380 g/mol. The molecule has 22 heavy (non-hydrogen) atoms. The lowest BCUT2D eigenvalue weighted by Crippen LogP contribution is -2.20. The number of amides is 1. The molecular formula is C16H14BrClN2O2. The van der Waals surface area contributed by atoms with Gasteiger partial charge in [0.2, 0.25) is 0 Å². The molecule has 2 rings (SSSR count). The molecule has 0 radical (unpaired) electrons. The number of methoxy groups -OCH3 is 1. The van der Waals surface area contributed by atoms with E-state index in [1.807, 2.05) is 31.2 Å². The Morgan fingerprint density at radius 2 is 2.05 bits per heavy atom. The van der Waals surface area contributed by atoms with Crippen LogP contribution in [0.3, 0.4) is 0 Å². The maximum atomic E-state index is 12.2. The summed E-state index contributed by atoms with van der Waals surface area (Å²) in [4.78, 5) is 12.2. The van der Waals surface area contributed by atoms with Gasteiger partial charge in [-0.25, -0.2) is 5.43 Å². The zero-order valence-electron chi connectivity index (χ0n) is 12.1. The highest BCUT2D eigenvalue weighted by Gasteiger charge is 2.12. The van der Waals surface area contributed by atoms with Gasteiger partial charge in [0.25, 0.3) is 5.91 Å². The number of hydrogen-bond donors (Lipinski definition) is 1. The van der Waals surface area contributed by atoms with Crippen molar-refractivity contribution in [1.82, 2.24) is 5.43 Å². The first kappa shape index (κ1) is 16.5. The summed E-state index contributed by atoms with van der Waals surface area (Å²) in [5.74, 6) is 0.0610. The van der Waals surface area contributed by atoms with Crippen molar-refractivity contribution >= 4 is 39.1 Å². The smallest absolute Gasteiger partial charge is 0.275 e. The average molecular weight is 382 g/mol. The molecule has 0 saturated carbocycles. The SMILES string of the molecule is COc1ccc(Cl)cc1C(=O)N/N=C(\C)c1cccc(Br)c1. The number of benzene rings is 2. The second-order valence-corrected chi connectivity index (χ2v) is 5.85. The number of hydrazone groups is 1. The lowest BCUT2D eigenvalue weighted by atomic mass is 10.1. The van der Waals surface area contributed by atoms with Crippen LogP contribution in [0, 0.1) is 0 Å². The fourth-order valence-corrected chi connectivity index (χ4v) is 2.40. The predicted octanol–water partition coefficient (Wildman–Crippen LogP) is 4.27. The maximum Gasteiger partial charge on any atom is 0.275 e. The summed E-state index contributed by atoms with van der Waals surface area (Å²) in [7, 11) is 1.50. The molecule has 1 amide bonds. The lowest BCUT2D eigenvalue weighted by molar-refractivity contribution is 0.0952. The molecule has 2 aromatic rings. The summed E-state index contributed by atoms with van der Waals surface area (Å²) in [6, 6.07) is 12.5. The van der Waals surface area contributed by atoms with Gasteiger partial charge in [-0.3, -0.25) is 4.79 Å². The largest absolute Gasteiger partial charge is 0.496 e. The van der Waals surface area contributed by atoms with Crippen molar-refractivity contribution in [2.24, 2.45) is 5.10 Å². The second kappa shape index (κ2) is 7.42. The van der Waals surface area contributed by atoms with Crippen LogP contribution in [-0.4, -0.2) is 18.7 Å². The van der Waals surface area contributed by atoms with Crippen molar-refractivity contribution < 1.29 is 9.53 Å². The number of halogens is 2. The van der Waals surface area contributed by atoms with E-state index in [0.717, 1.165) is 10.0 Å². The molecule has 0 aromatic heterocycles. The van der Waals surface area contributed by atoms with Gasteiger partial charge in [-0.15, -0.1) is 0 Å². The molecule has 0 spiro atoms. The van der Waals surface area contributed by atoms with Crippen LogP contribution in [0.15, 0.2) is 52.0 Å². The van der Waals surface area contributed by atoms with Gasteiger partial charge in [0.05, 0.1) is 18.4 Å². The summed E-state index contributed by atoms with van der Waals surface area (Å²) in [5, 5.41) is 4.57. The van der Waals surface area contributed by atoms with Crippen molar-refractivity contribution in [3.63, 3.8) is 0 Å². The minimum atomic E-state index is -0.381. The van der Waals surface area contributed by atoms with Crippen LogP contribution in [0.5, 0.6) is 5.75 Å². The van der Waals surface area contributed by atoms with Crippen LogP contribution in [0.2, 0.25) is 5.02 Å². The molecule has 0 heterocycles. The van der Waals surface area contributed by atoms with Crippen LogP contribution in [0.1, 0.15) is 22.8 Å². The molecule has 0 aliphatic carbocycles. The Labute approximate surface area is 142 Å². The van der Waals surface area contributed by atoms with Crippen LogP contribution in [0.25, 0.3) is 0 Å². The Hall–Kier alpha value is -1.85. The standard InChI is InChI=1S/C16H14BrClN2O2/c1-10(11-4-3-5-12(17)8-11)19-20-16(21)14-9-13(18)6-7-15(14)22-2/h3-9H,1-2H3,(H,20,21)/b19-10+. The number of nitrogens with one attached hydrogen (secondary N) is 1. The van der Waals surface area contributed by atoms with E-state index < -0.39 is 0 Å². The number of nitrogens with zero attached hydrogens (tertiary/aromatic N) is 1. The number of ether oxygens (including phenoxy) is 1. The zero-order chi connectivity index (χ0) is 16.1. The number of hydrogen-bond acceptors (Lipinski definition) is 3. The van der Waals surface area contributed by atoms with Crippen LogP contribution >= 0.6 is 27.5 Å². The normalized spacial score (nSPS) is 11.2. The van der Waals surface area contributed by atoms with Gasteiger partial charge in [0.1, 0.15) is 5.75 Å². The number of carbonyl (C=O) groups is 1. The Bertz CT molecular complexity index is 732. The van der Waals surface area contributed by atoms with Gasteiger partial charge in [-0.05, 0) is 42.8 Å². The van der Waals surface area contributed by atoms with Crippen molar-refractivity contribution in [3.05, 3.63) is 63.1 Å². The van der Waals surface area contributed by atoms with E-state index in [1.54, 1.807) is 18.2 Å². The summed E-state index contributed by atoms with van der Waals surface area (Å²) in [6.07, 6.45) is 0. The van der Waals surface area contributed by atoms with E-state index in [4.69, 9.17) is 16.3 Å². The van der Waals surface area contributed by atoms with Gasteiger partial charge in [0, 0.05) is 9.50 Å². The molecule has 1 N–H and O–H groups in total. The van der Waals surface area contributed by atoms with E-state index in [1.165, 1.54) is 7.11 Å². The minimum Gasteiger partial charge on any atom is -0.496 e. The lowest BCUT2D eigenvalue weighted by Gasteiger charge is -2.08. The number of carbonyl (C=O) groups excluding carboxylic acids is 1. The fraction of sp³-hybridized carbons (Fsp3) is 0.125. The third kappa shape index (κ3) is 4.08. The highest BCUT2D eigenvalue weighted by atomic mass is 79.9. The Kier molecular flexibility index (Phi) is 5.57. The first-order valence-electron chi connectivity index (χ1n) is 6.45. The predicted molar refractivity (Wildman–Crippen MR) is 91.8 cm³/mol. The molecule has 0 aliphatic rings. The number of rotatable bonds is 4. The van der Waals surface area contributed by atoms with E-state index in [0.29, 0.717) is 22.0 Å². The van der Waals surface area contributed by atoms with E-state index >= 15 is 0 Å². The van der Waals surface area contributed by atoms with Crippen molar-refractivity contribution in [3.8, 4) is 5.75 Å². The molecule has 0 aliphatic heterocycles. The highest BCUT2D eigenvalue weighted by Crippen LogP contribution is 2.22. The molecule has 4 nitrogen and oxygen atoms in total. The van der Waals surface area contributed by atoms with E-state index in [-0.39, 0.29) is 5.91 Å². The van der Waals surface area contributed by atoms with Crippen molar-refractivity contribution in [2.75, 3.05) is 7.11 Å². The molecule has 0 unspecified atom stereocenters. The van der Waals surface area contributed by atoms with Crippen LogP contribution in [0.4, 0.5) is 0 Å². The maximum absolute atomic E-state index is 12.2. The summed E-state index contributed by atoms with van der Waals surface area (Å²) in [5.41, 5.74) is 4.45. The van der Waals surface area contributed by atoms with Crippen molar-refractivity contribution in [2.45, 2.75) is 6.92 Å². The molecule has 114 valence electrons. The molecular weight excluding hydrogens is 368 g/mol. The summed E-state index contributed by atoms with van der Waals surface area (Å²) >= 11 is 9.32. The summed E-state index contributed by atoms with van der Waals surface area (Å²) < 4.78 is 6.10. The van der Waals surface area contributed by atoms with Gasteiger partial charge in [-0.1, -0.05) is 39.7 Å². The van der Waals surface area contributed by atoms with Gasteiger partial charge in [0.15, 0.2) is 0 Å². The Morgan fingerprint density at radius 3 is 2.73 bits per heavy atom. The Morgan fingerprint density at radius 1 is 1.27 bits per heavy atom. The quantitative estimate of drug-likeness (QED) is 0.635. The topological polar surface area (TPSA) is 50.7 Å². The molecule has 0 saturated heterocycles. The average Bonchev–Trinajstić information content (AvgIpc) is 2.52. The zero-order valence-corrected chi connectivity index (χ0v) is 14.4. The molecule has 0 fully saturated rings. The van der Waals surface area contributed by atoms with Crippen LogP contribution < -0.4 is 10.2 Å². The molecule has 6 heteroatoms. The minimum absolute atomic E-state index is 0.334. The first-order valence-corrected chi connectivity index (χ1v) is 7.62. The van der Waals surface area contributed by atoms with E-state index in [2.05, 4.69) is 26.5 Å². The second-order valence-electron chi connectivity index (χ2n) is 4.49. The van der Waals surface area contributed by atoms with Gasteiger partial charge >= 0.3 is 0 Å². The van der Waals surface area contributed by atoms with Crippen LogP contribution in [-0.2, 0) is 0 Å². The van der Waals surface area contributed by atoms with E-state index in [9.17, 15) is 4.79 Å². The van der Waals surface area contributed by atoms with Gasteiger partial charge in [-0.2, -0.15) is 5.10 Å². The summed E-state index contributed by atoms with van der Waals surface area (Å²) in [6.45, 7) is 1.82. The molecule has 0 bridgehead atoms. The third-order valence-electron chi connectivity index (χ3n) is 2.97. The molecule has 2 aromatic carbocycles. The van der Waals surface area contributed by atoms with Crippen molar-refractivity contribution in [1.29, 1.82) is 0 Å². The van der Waals surface area contributed by atoms with Gasteiger partial charge < -0.3 is 4.74 Å². The third-order valence-corrected chi connectivity index (χ3v) is 3.70. The molecule has 0 atom stereocenters.